The van der Waals surface area contributed by atoms with Crippen molar-refractivity contribution in [1.82, 2.24) is 0 Å². The second kappa shape index (κ2) is 19.0. The van der Waals surface area contributed by atoms with E-state index in [9.17, 15) is 0 Å². The molecular weight excluding hydrogens is 949 g/mol. The summed E-state index contributed by atoms with van der Waals surface area (Å²) < 4.78 is 12.7. The van der Waals surface area contributed by atoms with Gasteiger partial charge in [0.2, 0.25) is 0 Å². The van der Waals surface area contributed by atoms with Crippen LogP contribution in [-0.2, 0) is 12.8 Å². The minimum Gasteiger partial charge on any atom is -0.488 e. The van der Waals surface area contributed by atoms with Crippen molar-refractivity contribution < 1.29 is 9.47 Å². The van der Waals surface area contributed by atoms with Gasteiger partial charge in [0.25, 0.3) is 0 Å². The van der Waals surface area contributed by atoms with Crippen molar-refractivity contribution in [2.24, 2.45) is 0 Å². The van der Waals surface area contributed by atoms with E-state index in [1.165, 1.54) is 98.0 Å². The first-order chi connectivity index (χ1) is 37.9. The highest BCUT2D eigenvalue weighted by Gasteiger charge is 2.30. The van der Waals surface area contributed by atoms with Crippen molar-refractivity contribution in [2.45, 2.75) is 79.4 Å². The number of nitrogens with zero attached hydrogens (tertiary/aromatic N) is 2. The lowest BCUT2D eigenvalue weighted by Crippen LogP contribution is -2.22. The summed E-state index contributed by atoms with van der Waals surface area (Å²) in [6.45, 7) is 17.0. The number of aryl methyl sites for hydroxylation is 2. The molecule has 78 heavy (non-hydrogen) atoms. The van der Waals surface area contributed by atoms with Gasteiger partial charge in [-0.05, 0) is 227 Å². The topological polar surface area (TPSA) is 24.9 Å². The predicted molar refractivity (Wildman–Crippen MR) is 334 cm³/mol. The SMILES string of the molecule is CCc1ccc(N(c2ccc(OC(C)(C)C)cc2)c2ccc3c4c(-c5ccccc5)c5c6cccc7c(N(c8ccc(CC)cc8)c8ccc(OC(C)(C)C)cc8)ccc(c5c(-c5ccccc5)c4c4cccc2c43)c76)cc1. The minimum atomic E-state index is -0.308. The van der Waals surface area contributed by atoms with Crippen molar-refractivity contribution in [3.8, 4) is 33.8 Å². The molecule has 0 aromatic heterocycles. The molecule has 0 heterocycles. The van der Waals surface area contributed by atoms with Crippen LogP contribution >= 0.6 is 0 Å². The number of hydrogen-bond acceptors (Lipinski definition) is 4. The summed E-state index contributed by atoms with van der Waals surface area (Å²) >= 11 is 0. The number of fused-ring (bicyclic) bond motifs is 6. The van der Waals surface area contributed by atoms with Gasteiger partial charge >= 0.3 is 0 Å². The maximum Gasteiger partial charge on any atom is 0.120 e. The first-order valence-electron chi connectivity index (χ1n) is 27.7. The molecule has 13 rings (SSSR count). The van der Waals surface area contributed by atoms with Crippen LogP contribution in [0.5, 0.6) is 11.5 Å². The van der Waals surface area contributed by atoms with Crippen LogP contribution in [0.15, 0.2) is 218 Å². The molecule has 13 aromatic rings. The Balaban J connectivity index is 1.12. The van der Waals surface area contributed by atoms with Gasteiger partial charge in [-0.25, -0.2) is 0 Å². The van der Waals surface area contributed by atoms with Gasteiger partial charge in [0.1, 0.15) is 22.7 Å². The number of benzene rings is 11. The molecular formula is C74H64N2O2. The summed E-state index contributed by atoms with van der Waals surface area (Å²) in [5.41, 5.74) is 13.5. The van der Waals surface area contributed by atoms with Crippen molar-refractivity contribution in [3.05, 3.63) is 230 Å². The van der Waals surface area contributed by atoms with Crippen LogP contribution in [0.2, 0.25) is 0 Å². The Labute approximate surface area is 458 Å². The van der Waals surface area contributed by atoms with Crippen LogP contribution in [0, 0.1) is 0 Å². The van der Waals surface area contributed by atoms with Crippen LogP contribution in [0.1, 0.15) is 66.5 Å². The normalized spacial score (nSPS) is 12.2. The monoisotopic (exact) mass is 1010 g/mol. The average Bonchev–Trinajstić information content (AvgIpc) is 3.51. The zero-order chi connectivity index (χ0) is 53.5. The third-order valence-corrected chi connectivity index (χ3v) is 15.5. The number of hydrogen-bond donors (Lipinski definition) is 0. The molecule has 4 nitrogen and oxygen atoms in total. The lowest BCUT2D eigenvalue weighted by Gasteiger charge is -2.28. The Morgan fingerprint density at radius 1 is 0.295 bits per heavy atom. The summed E-state index contributed by atoms with van der Waals surface area (Å²) in [4.78, 5) is 4.85. The van der Waals surface area contributed by atoms with Crippen LogP contribution < -0.4 is 19.3 Å². The highest BCUT2D eigenvalue weighted by atomic mass is 16.5. The highest BCUT2D eigenvalue weighted by molar-refractivity contribution is 6.47. The lowest BCUT2D eigenvalue weighted by atomic mass is 9.87. The van der Waals surface area contributed by atoms with Crippen molar-refractivity contribution in [1.29, 1.82) is 0 Å². The molecule has 382 valence electrons. The molecule has 0 aliphatic heterocycles. The second-order valence-electron chi connectivity index (χ2n) is 22.8. The fourth-order valence-electron chi connectivity index (χ4n) is 12.3. The molecule has 0 unspecified atom stereocenters. The zero-order valence-electron chi connectivity index (χ0n) is 45.9. The molecule has 0 saturated heterocycles. The fraction of sp³-hybridized carbons (Fsp3) is 0.162. The van der Waals surface area contributed by atoms with Gasteiger partial charge in [0.15, 0.2) is 0 Å². The van der Waals surface area contributed by atoms with E-state index in [4.69, 9.17) is 9.47 Å². The van der Waals surface area contributed by atoms with E-state index >= 15 is 0 Å². The standard InChI is InChI=1S/C74H64N2O2/c1-9-47-27-31-51(32-28-47)75(53-35-39-55(40-36-53)77-73(3,4)5)63-45-43-61-67-57(63)23-17-25-59(67)69-65(49-19-13-11-14-20-49)72-62-44-46-64(58-24-18-26-60(68(58)62)70(72)66(71(61)69)50-21-15-12-16-22-50)76(52-33-29-48(10-2)30-34-52)54-37-41-56(42-38-54)78-74(6,7)8/h11-46H,9-10H2,1-8H3. The maximum atomic E-state index is 6.34. The molecule has 0 aliphatic rings. The van der Waals surface area contributed by atoms with Gasteiger partial charge in [-0.1, -0.05) is 147 Å². The van der Waals surface area contributed by atoms with Crippen molar-refractivity contribution in [3.63, 3.8) is 0 Å². The molecule has 0 fully saturated rings. The summed E-state index contributed by atoms with van der Waals surface area (Å²) in [6, 6.07) is 81.1. The Hall–Kier alpha value is -8.86. The Morgan fingerprint density at radius 2 is 0.603 bits per heavy atom. The predicted octanol–water partition coefficient (Wildman–Crippen LogP) is 21.2. The van der Waals surface area contributed by atoms with Crippen LogP contribution in [0.3, 0.4) is 0 Å². The van der Waals surface area contributed by atoms with Gasteiger partial charge in [-0.2, -0.15) is 0 Å². The van der Waals surface area contributed by atoms with E-state index in [1.807, 2.05) is 0 Å². The number of rotatable bonds is 12. The van der Waals surface area contributed by atoms with Gasteiger partial charge in [-0.3, -0.25) is 0 Å². The third-order valence-electron chi connectivity index (χ3n) is 15.5. The highest BCUT2D eigenvalue weighted by Crippen LogP contribution is 2.58. The molecule has 0 N–H and O–H groups in total. The lowest BCUT2D eigenvalue weighted by molar-refractivity contribution is 0.130. The summed E-state index contributed by atoms with van der Waals surface area (Å²) in [5.74, 6) is 1.70. The molecule has 0 atom stereocenters. The summed E-state index contributed by atoms with van der Waals surface area (Å²) in [7, 11) is 0. The fourth-order valence-corrected chi connectivity index (χ4v) is 12.3. The molecule has 0 amide bonds. The third kappa shape index (κ3) is 8.39. The van der Waals surface area contributed by atoms with E-state index in [1.54, 1.807) is 0 Å². The molecule has 13 aromatic carbocycles. The Bertz CT molecular complexity index is 3970. The molecule has 0 bridgehead atoms. The summed E-state index contributed by atoms with van der Waals surface area (Å²) in [5, 5.41) is 15.0. The van der Waals surface area contributed by atoms with Crippen molar-refractivity contribution >= 4 is 98.8 Å². The Morgan fingerprint density at radius 3 is 0.923 bits per heavy atom. The maximum absolute atomic E-state index is 6.34. The van der Waals surface area contributed by atoms with E-state index in [-0.39, 0.29) is 11.2 Å². The average molecular weight is 1010 g/mol. The largest absolute Gasteiger partial charge is 0.488 e. The molecule has 4 heteroatoms. The molecule has 0 aliphatic carbocycles. The second-order valence-corrected chi connectivity index (χ2v) is 22.8. The van der Waals surface area contributed by atoms with E-state index in [2.05, 4.69) is 284 Å². The van der Waals surface area contributed by atoms with Gasteiger partial charge in [-0.15, -0.1) is 0 Å². The van der Waals surface area contributed by atoms with Gasteiger partial charge in [0.05, 0.1) is 11.4 Å². The quantitative estimate of drug-likeness (QED) is 0.122. The van der Waals surface area contributed by atoms with Crippen LogP contribution in [0.25, 0.3) is 86.9 Å². The molecule has 0 radical (unpaired) electrons. The number of anilines is 6. The van der Waals surface area contributed by atoms with E-state index < -0.39 is 0 Å². The van der Waals surface area contributed by atoms with Crippen molar-refractivity contribution in [2.75, 3.05) is 9.80 Å². The van der Waals surface area contributed by atoms with Crippen LogP contribution in [-0.4, -0.2) is 11.2 Å². The molecule has 0 spiro atoms. The van der Waals surface area contributed by atoms with Gasteiger partial charge < -0.3 is 19.3 Å². The van der Waals surface area contributed by atoms with Crippen LogP contribution in [0.4, 0.5) is 34.1 Å². The molecule has 0 saturated carbocycles. The Kier molecular flexibility index (Phi) is 11.9. The minimum absolute atomic E-state index is 0.308. The van der Waals surface area contributed by atoms with Gasteiger partial charge in [0, 0.05) is 33.5 Å². The summed E-state index contributed by atoms with van der Waals surface area (Å²) in [6.07, 6.45) is 1.95. The smallest absolute Gasteiger partial charge is 0.120 e. The first-order valence-corrected chi connectivity index (χ1v) is 27.7. The number of ether oxygens (including phenoxy) is 2. The van der Waals surface area contributed by atoms with E-state index in [0.29, 0.717) is 0 Å². The van der Waals surface area contributed by atoms with E-state index in [0.717, 1.165) is 58.5 Å². The zero-order valence-corrected chi connectivity index (χ0v) is 45.9. The first kappa shape index (κ1) is 48.8.